The molecule has 12 nitrogen and oxygen atoms in total. The highest BCUT2D eigenvalue weighted by molar-refractivity contribution is 7.86. The topological polar surface area (TPSA) is 207 Å². The second-order valence-corrected chi connectivity index (χ2v) is 28.7. The zero-order valence-electron chi connectivity index (χ0n) is 49.9. The molecular formula is C67H78N2O10S2. The van der Waals surface area contributed by atoms with Crippen LogP contribution in [0, 0.1) is 41.5 Å². The van der Waals surface area contributed by atoms with Crippen LogP contribution in [0.3, 0.4) is 0 Å². The first-order valence-corrected chi connectivity index (χ1v) is 29.9. The first kappa shape index (κ1) is 61.5. The van der Waals surface area contributed by atoms with Crippen molar-refractivity contribution >= 4 is 54.6 Å². The fraction of sp³-hybridized carbons (Fsp3) is 0.343. The molecule has 0 saturated heterocycles. The number of phenolic OH excluding ortho intramolecular Hbond substituents is 2. The highest BCUT2D eigenvalue weighted by Crippen LogP contribution is 2.44. The molecule has 0 aliphatic carbocycles. The predicted molar refractivity (Wildman–Crippen MR) is 326 cm³/mol. The van der Waals surface area contributed by atoms with Crippen molar-refractivity contribution in [3.8, 4) is 11.5 Å². The van der Waals surface area contributed by atoms with Gasteiger partial charge < -0.3 is 20.8 Å². The Hall–Kier alpha value is -7.10. The smallest absolute Gasteiger partial charge is 0.294 e. The monoisotopic (exact) mass is 1130 g/mol. The van der Waals surface area contributed by atoms with E-state index < -0.39 is 57.6 Å². The van der Waals surface area contributed by atoms with E-state index in [1.54, 1.807) is 72.8 Å². The number of hydrogen-bond donors (Lipinski definition) is 6. The molecular weight excluding hydrogens is 1060 g/mol. The molecule has 0 aliphatic rings. The van der Waals surface area contributed by atoms with Gasteiger partial charge in [-0.1, -0.05) is 126 Å². The molecule has 6 N–H and O–H groups in total. The van der Waals surface area contributed by atoms with Gasteiger partial charge in [0.1, 0.15) is 11.5 Å². The minimum Gasteiger partial charge on any atom is -0.507 e. The molecule has 0 unspecified atom stereocenters. The second-order valence-electron chi connectivity index (χ2n) is 25.8. The third-order valence-electron chi connectivity index (χ3n) is 15.3. The summed E-state index contributed by atoms with van der Waals surface area (Å²) < 4.78 is 71.7. The fourth-order valence-electron chi connectivity index (χ4n) is 11.1. The van der Waals surface area contributed by atoms with Gasteiger partial charge in [0.25, 0.3) is 20.2 Å². The molecule has 0 aromatic heterocycles. The molecule has 7 rings (SSSR count). The lowest BCUT2D eigenvalue weighted by Crippen LogP contribution is -2.19. The Morgan fingerprint density at radius 2 is 0.753 bits per heavy atom. The number of phenols is 2. The van der Waals surface area contributed by atoms with Gasteiger partial charge in [-0.3, -0.25) is 18.7 Å². The Labute approximate surface area is 479 Å². The molecule has 7 aromatic rings. The lowest BCUT2D eigenvalue weighted by molar-refractivity contribution is 0.102. The molecule has 7 aromatic carbocycles. The molecule has 0 aliphatic heterocycles. The molecule has 14 heteroatoms. The summed E-state index contributed by atoms with van der Waals surface area (Å²) in [5.41, 5.74) is 11.5. The van der Waals surface area contributed by atoms with Gasteiger partial charge in [0, 0.05) is 73.2 Å². The van der Waals surface area contributed by atoms with Gasteiger partial charge in [0.15, 0.2) is 11.6 Å². The third-order valence-corrected chi connectivity index (χ3v) is 17.0. The van der Waals surface area contributed by atoms with E-state index in [0.29, 0.717) is 89.5 Å². The molecule has 0 radical (unpaired) electrons. The summed E-state index contributed by atoms with van der Waals surface area (Å²) in [6, 6.07) is 28.5. The van der Waals surface area contributed by atoms with Crippen LogP contribution in [0.4, 0.5) is 22.7 Å². The average molecular weight is 1140 g/mol. The van der Waals surface area contributed by atoms with E-state index in [4.69, 9.17) is 0 Å². The van der Waals surface area contributed by atoms with E-state index in [1.807, 2.05) is 137 Å². The molecule has 428 valence electrons. The van der Waals surface area contributed by atoms with Gasteiger partial charge in [0.05, 0.1) is 9.79 Å². The SMILES string of the molecule is Cc1cc(C)c(C(=O)c2cc(C(C)(C)C)c(O)c(C(C)(C)C)c2)c(C)c1Nc1ccc(C(c2ccc(Nc3c(C)cc(C)c(C(=O)c4cc(C(C)(C)C)c(O)c(C(C)(C)C)c4)c3C)cc2)c2ccc(S(=O)(=O)O)cc2S(=O)(=O)O)cc1. The minimum atomic E-state index is -5.09. The Morgan fingerprint density at radius 3 is 1.04 bits per heavy atom. The highest BCUT2D eigenvalue weighted by Gasteiger charge is 2.33. The molecule has 0 spiro atoms. The summed E-state index contributed by atoms with van der Waals surface area (Å²) in [4.78, 5) is 28.0. The maximum Gasteiger partial charge on any atom is 0.294 e. The second kappa shape index (κ2) is 21.7. The van der Waals surface area contributed by atoms with Gasteiger partial charge in [-0.2, -0.15) is 16.8 Å². The van der Waals surface area contributed by atoms with E-state index in [-0.39, 0.29) is 28.6 Å². The number of benzene rings is 7. The predicted octanol–water partition coefficient (Wildman–Crippen LogP) is 15.8. The molecule has 81 heavy (non-hydrogen) atoms. The molecule has 0 amide bonds. The lowest BCUT2D eigenvalue weighted by atomic mass is 9.77. The van der Waals surface area contributed by atoms with E-state index in [1.165, 1.54) is 6.07 Å². The number of carbonyl (C=O) groups is 2. The normalized spacial score (nSPS) is 12.7. The van der Waals surface area contributed by atoms with Crippen molar-refractivity contribution in [2.24, 2.45) is 0 Å². The van der Waals surface area contributed by atoms with E-state index in [0.717, 1.165) is 34.4 Å². The van der Waals surface area contributed by atoms with Crippen molar-refractivity contribution in [2.45, 2.75) is 162 Å². The van der Waals surface area contributed by atoms with Crippen molar-refractivity contribution < 1.29 is 45.7 Å². The lowest BCUT2D eigenvalue weighted by Gasteiger charge is -2.28. The number of nitrogens with one attached hydrogen (secondary N) is 2. The van der Waals surface area contributed by atoms with E-state index >= 15 is 0 Å². The zero-order valence-corrected chi connectivity index (χ0v) is 51.6. The fourth-order valence-corrected chi connectivity index (χ4v) is 12.4. The molecule has 0 fully saturated rings. The Morgan fingerprint density at radius 1 is 0.432 bits per heavy atom. The first-order chi connectivity index (χ1) is 37.1. The van der Waals surface area contributed by atoms with Crippen LogP contribution in [0.1, 0.15) is 193 Å². The van der Waals surface area contributed by atoms with Crippen LogP contribution >= 0.6 is 0 Å². The molecule has 0 bridgehead atoms. The highest BCUT2D eigenvalue weighted by atomic mass is 32.2. The maximum absolute atomic E-state index is 14.7. The van der Waals surface area contributed by atoms with Crippen molar-refractivity contribution in [3.05, 3.63) is 198 Å². The quantitative estimate of drug-likeness (QED) is 0.0362. The number of carbonyl (C=O) groups excluding carboxylic acids is 2. The summed E-state index contributed by atoms with van der Waals surface area (Å²) in [6.45, 7) is 35.5. The summed E-state index contributed by atoms with van der Waals surface area (Å²) in [6.07, 6.45) is 0. The van der Waals surface area contributed by atoms with Crippen LogP contribution in [0.5, 0.6) is 11.5 Å². The molecule has 0 heterocycles. The van der Waals surface area contributed by atoms with Crippen LogP contribution in [-0.4, -0.2) is 47.7 Å². The van der Waals surface area contributed by atoms with Crippen LogP contribution in [0.2, 0.25) is 0 Å². The average Bonchev–Trinajstić information content (AvgIpc) is 3.54. The van der Waals surface area contributed by atoms with Crippen molar-refractivity contribution in [2.75, 3.05) is 10.6 Å². The number of rotatable bonds is 13. The van der Waals surface area contributed by atoms with Crippen LogP contribution < -0.4 is 10.6 Å². The molecule has 0 saturated carbocycles. The number of aromatic hydroxyl groups is 2. The van der Waals surface area contributed by atoms with Gasteiger partial charge in [-0.05, 0) is 174 Å². The van der Waals surface area contributed by atoms with Crippen molar-refractivity contribution in [1.29, 1.82) is 0 Å². The van der Waals surface area contributed by atoms with Gasteiger partial charge in [-0.15, -0.1) is 0 Å². The summed E-state index contributed by atoms with van der Waals surface area (Å²) in [5, 5.41) is 29.9. The van der Waals surface area contributed by atoms with Crippen LogP contribution in [0.25, 0.3) is 0 Å². The minimum absolute atomic E-state index is 0.0324. The van der Waals surface area contributed by atoms with Gasteiger partial charge >= 0.3 is 0 Å². The van der Waals surface area contributed by atoms with E-state index in [9.17, 15) is 45.7 Å². The maximum atomic E-state index is 14.7. The Balaban J connectivity index is 1.29. The Bertz CT molecular complexity index is 3630. The number of aryl methyl sites for hydroxylation is 4. The third kappa shape index (κ3) is 12.7. The molecule has 0 atom stereocenters. The summed E-state index contributed by atoms with van der Waals surface area (Å²) in [7, 11) is -9.97. The van der Waals surface area contributed by atoms with Gasteiger partial charge in [0.2, 0.25) is 0 Å². The zero-order chi connectivity index (χ0) is 60.6. The number of anilines is 4. The summed E-state index contributed by atoms with van der Waals surface area (Å²) in [5.74, 6) is -0.933. The van der Waals surface area contributed by atoms with E-state index in [2.05, 4.69) is 10.6 Å². The largest absolute Gasteiger partial charge is 0.507 e. The van der Waals surface area contributed by atoms with Crippen LogP contribution in [0.15, 0.2) is 113 Å². The summed E-state index contributed by atoms with van der Waals surface area (Å²) >= 11 is 0. The van der Waals surface area contributed by atoms with Crippen molar-refractivity contribution in [3.63, 3.8) is 0 Å². The number of ketones is 2. The first-order valence-electron chi connectivity index (χ1n) is 27.0. The van der Waals surface area contributed by atoms with Crippen molar-refractivity contribution in [1.82, 2.24) is 0 Å². The van der Waals surface area contributed by atoms with Gasteiger partial charge in [-0.25, -0.2) is 0 Å². The number of hydrogen-bond acceptors (Lipinski definition) is 10. The standard InChI is InChI=1S/C67H78N2O10S2/c1-36-29-38(3)58(40(5)55(36)60(70)44-31-50(64(7,8)9)62(72)51(32-44)65(10,11)12)68-46-23-19-42(20-24-46)57(49-28-27-48(80(74,75)76)35-54(49)81(77,78)79)43-21-25-47(26-22-43)69-59-39(4)30-37(2)56(41(59)6)61(71)45-33-52(66(13,14)15)63(73)53(34-45)67(16,17)18/h19-35,57,68-69,72-73H,1-18H3,(H,74,75,76)(H,77,78,79). The Kier molecular flexibility index (Phi) is 16.5. The van der Waals surface area contributed by atoms with Crippen LogP contribution in [-0.2, 0) is 41.9 Å².